The minimum Gasteiger partial charge on any atom is -0.0232 e. The fourth-order valence-electron chi connectivity index (χ4n) is 5.24. The highest BCUT2D eigenvalue weighted by Gasteiger charge is 2.84. The molecular weight excluding hydrogens is 263 g/mol. The normalized spacial score (nSPS) is 52.8. The van der Waals surface area contributed by atoms with Crippen LogP contribution in [-0.2, 0) is 0 Å². The van der Waals surface area contributed by atoms with Crippen molar-refractivity contribution in [3.05, 3.63) is 0 Å². The smallest absolute Gasteiger partial charge is 0.0232 e. The summed E-state index contributed by atoms with van der Waals surface area (Å²) in [6.45, 7) is 18.6. The van der Waals surface area contributed by atoms with Crippen LogP contribution in [0.1, 0.15) is 26.2 Å². The van der Waals surface area contributed by atoms with Gasteiger partial charge in [0.1, 0.15) is 5.16 Å². The summed E-state index contributed by atoms with van der Waals surface area (Å²) in [6.07, 6.45) is 4.69. The molecule has 0 N–H and O–H groups in total. The Labute approximate surface area is 109 Å². The van der Waals surface area contributed by atoms with Crippen molar-refractivity contribution in [2.75, 3.05) is 40.0 Å². The van der Waals surface area contributed by atoms with Crippen LogP contribution in [0.15, 0.2) is 0 Å². The topological polar surface area (TPSA) is 3.24 Å². The van der Waals surface area contributed by atoms with Gasteiger partial charge in [0, 0.05) is 23.5 Å². The molecule has 0 aromatic rings. The molecule has 3 saturated heterocycles. The van der Waals surface area contributed by atoms with E-state index in [0.717, 1.165) is 11.3 Å². The first kappa shape index (κ1) is 13.2. The van der Waals surface area contributed by atoms with E-state index in [1.165, 1.54) is 0 Å². The van der Waals surface area contributed by atoms with E-state index < -0.39 is 22.2 Å². The van der Waals surface area contributed by atoms with Crippen LogP contribution >= 0.6 is 22.2 Å². The third kappa shape index (κ3) is 1.36. The van der Waals surface area contributed by atoms with Crippen molar-refractivity contribution in [2.24, 2.45) is 0 Å². The molecule has 0 radical (unpaired) electrons. The predicted molar refractivity (Wildman–Crippen MR) is 88.0 cm³/mol. The largest absolute Gasteiger partial charge is 0.160 e. The van der Waals surface area contributed by atoms with Crippen molar-refractivity contribution >= 4 is 22.2 Å². The van der Waals surface area contributed by atoms with Gasteiger partial charge >= 0.3 is 0 Å². The van der Waals surface area contributed by atoms with E-state index >= 15 is 0 Å². The Hall–Kier alpha value is 1.25. The van der Waals surface area contributed by atoms with Gasteiger partial charge in [-0.05, 0) is 6.92 Å². The van der Waals surface area contributed by atoms with Crippen LogP contribution in [0.3, 0.4) is 0 Å². The van der Waals surface area contributed by atoms with Crippen LogP contribution in [-0.4, -0.2) is 60.7 Å². The summed E-state index contributed by atoms with van der Waals surface area (Å²) < 4.78 is 3.22. The molecule has 0 spiro atoms. The lowest BCUT2D eigenvalue weighted by atomic mass is 9.89. The molecule has 4 heteroatoms. The molecule has 0 amide bonds. The van der Waals surface area contributed by atoms with Gasteiger partial charge in [-0.2, -0.15) is 0 Å². The van der Waals surface area contributed by atoms with E-state index in [1.54, 1.807) is 19.3 Å². The Bertz CT molecular complexity index is 351. The SMILES string of the molecule is CC12CC3CC(C1)[P+](C)(C)N([P+]3(C)C)[P+]2(C)C. The second-order valence-electron chi connectivity index (χ2n) is 8.07. The monoisotopic (exact) mass is 292 g/mol. The van der Waals surface area contributed by atoms with Gasteiger partial charge in [-0.25, -0.2) is 0 Å². The maximum absolute atomic E-state index is 3.22. The van der Waals surface area contributed by atoms with E-state index in [-0.39, 0.29) is 0 Å². The van der Waals surface area contributed by atoms with E-state index in [0.29, 0.717) is 5.16 Å². The minimum atomic E-state index is -0.881. The fraction of sp³-hybridized carbons (Fsp3) is 1.00. The number of hydrogen-bond acceptors (Lipinski definition) is 1. The molecule has 2 atom stereocenters. The third-order valence-corrected chi connectivity index (χ3v) is 24.7. The highest BCUT2D eigenvalue weighted by atomic mass is 31.3. The fourth-order valence-corrected chi connectivity index (χ4v) is 28.3. The lowest BCUT2D eigenvalue weighted by Crippen LogP contribution is -2.59. The Morgan fingerprint density at radius 2 is 1.29 bits per heavy atom. The molecule has 2 unspecified atom stereocenters. The minimum absolute atomic E-state index is 0.700. The Kier molecular flexibility index (Phi) is 2.56. The Balaban J connectivity index is 2.19. The molecule has 0 aromatic carbocycles. The van der Waals surface area contributed by atoms with Gasteiger partial charge in [0.2, 0.25) is 0 Å². The molecule has 3 heterocycles. The molecule has 4 rings (SSSR count). The van der Waals surface area contributed by atoms with Gasteiger partial charge in [0.15, 0.2) is 22.2 Å². The summed E-state index contributed by atoms with van der Waals surface area (Å²) >= 11 is 0. The molecular formula is C13H29NP3+3. The third-order valence-electron chi connectivity index (χ3n) is 6.37. The van der Waals surface area contributed by atoms with Gasteiger partial charge < -0.3 is 0 Å². The number of rotatable bonds is 0. The first-order valence-corrected chi connectivity index (χ1v) is 14.9. The van der Waals surface area contributed by atoms with Gasteiger partial charge in [0.25, 0.3) is 0 Å². The van der Waals surface area contributed by atoms with Crippen LogP contribution in [0.4, 0.5) is 0 Å². The number of hydrogen-bond donors (Lipinski definition) is 0. The summed E-state index contributed by atoms with van der Waals surface area (Å²) in [6, 6.07) is 0. The zero-order valence-corrected chi connectivity index (χ0v) is 15.2. The molecule has 17 heavy (non-hydrogen) atoms. The first-order valence-electron chi connectivity index (χ1n) is 6.86. The summed E-state index contributed by atoms with van der Waals surface area (Å²) in [7, 11) is -2.50. The second kappa shape index (κ2) is 3.28. The summed E-state index contributed by atoms with van der Waals surface area (Å²) in [5.74, 6) is 0. The molecule has 3 aliphatic heterocycles. The van der Waals surface area contributed by atoms with E-state index in [2.05, 4.69) is 51.1 Å². The first-order chi connectivity index (χ1) is 7.53. The highest BCUT2D eigenvalue weighted by molar-refractivity contribution is 8.02. The van der Waals surface area contributed by atoms with Crippen molar-refractivity contribution in [2.45, 2.75) is 42.7 Å². The Morgan fingerprint density at radius 3 is 1.71 bits per heavy atom. The molecule has 4 bridgehead atoms. The van der Waals surface area contributed by atoms with Crippen LogP contribution in [0, 0.1) is 0 Å². The van der Waals surface area contributed by atoms with Gasteiger partial charge in [-0.1, -0.05) is 0 Å². The lowest BCUT2D eigenvalue weighted by Gasteiger charge is -2.63. The number of nitrogens with zero attached hydrogens (tertiary/aromatic N) is 1. The summed E-state index contributed by atoms with van der Waals surface area (Å²) in [5, 5.41) is 0.700. The van der Waals surface area contributed by atoms with Crippen molar-refractivity contribution in [1.29, 1.82) is 0 Å². The van der Waals surface area contributed by atoms with Crippen molar-refractivity contribution in [3.8, 4) is 0 Å². The zero-order chi connectivity index (χ0) is 12.9. The summed E-state index contributed by atoms with van der Waals surface area (Å²) in [4.78, 5) is 0. The average molecular weight is 292 g/mol. The van der Waals surface area contributed by atoms with E-state index in [4.69, 9.17) is 0 Å². The average Bonchev–Trinajstić information content (AvgIpc) is 2.11. The van der Waals surface area contributed by atoms with Gasteiger partial charge in [-0.15, -0.1) is 0 Å². The maximum atomic E-state index is 3.22. The quantitative estimate of drug-likeness (QED) is 0.591. The predicted octanol–water partition coefficient (Wildman–Crippen LogP) is 4.57. The van der Waals surface area contributed by atoms with Crippen molar-refractivity contribution in [1.82, 2.24) is 4.21 Å². The maximum Gasteiger partial charge on any atom is 0.160 e. The van der Waals surface area contributed by atoms with E-state index in [9.17, 15) is 0 Å². The van der Waals surface area contributed by atoms with Crippen LogP contribution < -0.4 is 0 Å². The van der Waals surface area contributed by atoms with Crippen LogP contribution in [0.5, 0.6) is 0 Å². The lowest BCUT2D eigenvalue weighted by molar-refractivity contribution is 0.381. The standard InChI is InChI=1S/C13H29NP3/c1-13-9-11-8-12(10-13)16(4,5)14(15(11,2)3)17(13,6)7/h11-12H,8-10H2,1-7H3/q+3. The molecule has 4 fully saturated rings. The zero-order valence-electron chi connectivity index (χ0n) is 12.6. The highest BCUT2D eigenvalue weighted by Crippen LogP contribution is 3.00. The molecule has 1 saturated carbocycles. The van der Waals surface area contributed by atoms with Gasteiger partial charge in [-0.3, -0.25) is 0 Å². The molecule has 1 nitrogen and oxygen atoms in total. The van der Waals surface area contributed by atoms with Gasteiger partial charge in [0.05, 0.1) is 51.3 Å². The summed E-state index contributed by atoms with van der Waals surface area (Å²) in [5.41, 5.74) is 2.15. The Morgan fingerprint density at radius 1 is 0.882 bits per heavy atom. The van der Waals surface area contributed by atoms with Crippen molar-refractivity contribution < 1.29 is 0 Å². The van der Waals surface area contributed by atoms with Crippen molar-refractivity contribution in [3.63, 3.8) is 0 Å². The molecule has 1 aliphatic carbocycles. The molecule has 0 aromatic heterocycles. The molecule has 98 valence electrons. The van der Waals surface area contributed by atoms with E-state index in [1.807, 2.05) is 0 Å². The van der Waals surface area contributed by atoms with Crippen LogP contribution in [0.25, 0.3) is 0 Å². The van der Waals surface area contributed by atoms with Crippen LogP contribution in [0.2, 0.25) is 0 Å². The molecule has 4 aliphatic rings. The second-order valence-corrected chi connectivity index (χ2v) is 21.5.